The first-order chi connectivity index (χ1) is 32.0. The summed E-state index contributed by atoms with van der Waals surface area (Å²) in [4.78, 5) is 24.5. The molecule has 1 amide bonds. The maximum atomic E-state index is 12.5. The fourth-order valence-electron chi connectivity index (χ4n) is 8.71. The van der Waals surface area contributed by atoms with Crippen LogP contribution in [-0.2, 0) is 14.3 Å². The number of aliphatic hydroxyl groups is 2. The lowest BCUT2D eigenvalue weighted by atomic mass is 10.0. The Balaban J connectivity index is 3.51. The molecule has 6 nitrogen and oxygen atoms in total. The van der Waals surface area contributed by atoms with Gasteiger partial charge >= 0.3 is 5.97 Å². The number of aliphatic hydroxyl groups excluding tert-OH is 2. The van der Waals surface area contributed by atoms with Crippen LogP contribution in [-0.4, -0.2) is 47.4 Å². The zero-order valence-electron chi connectivity index (χ0n) is 43.5. The summed E-state index contributed by atoms with van der Waals surface area (Å²) in [5.74, 6) is -0.125. The summed E-state index contributed by atoms with van der Waals surface area (Å²) < 4.78 is 5.45. The van der Waals surface area contributed by atoms with Crippen LogP contribution in [0.4, 0.5) is 0 Å². The molecule has 6 heteroatoms. The molecule has 0 rings (SSSR count). The Morgan fingerprint density at radius 1 is 0.431 bits per heavy atom. The van der Waals surface area contributed by atoms with E-state index in [0.717, 1.165) is 70.6 Å². The van der Waals surface area contributed by atoms with Gasteiger partial charge in [0.25, 0.3) is 0 Å². The summed E-state index contributed by atoms with van der Waals surface area (Å²) in [7, 11) is 0. The smallest absolute Gasteiger partial charge is 0.305 e. The van der Waals surface area contributed by atoms with Crippen LogP contribution in [0.3, 0.4) is 0 Å². The second-order valence-corrected chi connectivity index (χ2v) is 19.6. The van der Waals surface area contributed by atoms with Crippen molar-refractivity contribution in [2.45, 2.75) is 315 Å². The molecule has 0 fully saturated rings. The van der Waals surface area contributed by atoms with E-state index >= 15 is 0 Å². The molecular weight excluding hydrogens is 803 g/mol. The molecule has 0 aliphatic heterocycles. The summed E-state index contributed by atoms with van der Waals surface area (Å²) in [5, 5.41) is 23.2. The van der Waals surface area contributed by atoms with E-state index in [-0.39, 0.29) is 18.5 Å². The summed E-state index contributed by atoms with van der Waals surface area (Å²) in [6.45, 7) is 4.82. The monoisotopic (exact) mass is 914 g/mol. The van der Waals surface area contributed by atoms with E-state index in [9.17, 15) is 19.8 Å². The van der Waals surface area contributed by atoms with Crippen molar-refractivity contribution in [1.82, 2.24) is 5.32 Å². The van der Waals surface area contributed by atoms with Crippen LogP contribution in [0.25, 0.3) is 0 Å². The number of hydrogen-bond acceptors (Lipinski definition) is 5. The highest BCUT2D eigenvalue weighted by molar-refractivity contribution is 5.76. The number of carbonyl (C=O) groups is 2. The van der Waals surface area contributed by atoms with Crippen molar-refractivity contribution >= 4 is 11.9 Å². The van der Waals surface area contributed by atoms with Crippen molar-refractivity contribution in [3.63, 3.8) is 0 Å². The minimum Gasteiger partial charge on any atom is -0.466 e. The summed E-state index contributed by atoms with van der Waals surface area (Å²) in [5.41, 5.74) is 0. The van der Waals surface area contributed by atoms with Gasteiger partial charge in [-0.2, -0.15) is 0 Å². The van der Waals surface area contributed by atoms with Crippen LogP contribution in [0.1, 0.15) is 303 Å². The highest BCUT2D eigenvalue weighted by Gasteiger charge is 2.18. The van der Waals surface area contributed by atoms with Gasteiger partial charge in [0.15, 0.2) is 0 Å². The zero-order valence-corrected chi connectivity index (χ0v) is 43.5. The minimum atomic E-state index is -0.862. The Labute approximate surface area is 404 Å². The molecule has 65 heavy (non-hydrogen) atoms. The summed E-state index contributed by atoms with van der Waals surface area (Å²) in [6, 6.07) is -0.647. The second kappa shape index (κ2) is 54.7. The number of allylic oxidation sites excluding steroid dienone is 5. The molecular formula is C59H111NO5. The van der Waals surface area contributed by atoms with Gasteiger partial charge in [-0.05, 0) is 57.8 Å². The maximum Gasteiger partial charge on any atom is 0.305 e. The van der Waals surface area contributed by atoms with Gasteiger partial charge in [0.1, 0.15) is 0 Å². The molecule has 0 bridgehead atoms. The van der Waals surface area contributed by atoms with Crippen molar-refractivity contribution < 1.29 is 24.5 Å². The number of amides is 1. The van der Waals surface area contributed by atoms with Gasteiger partial charge in [-0.3, -0.25) is 9.59 Å². The number of carbonyl (C=O) groups excluding carboxylic acids is 2. The molecule has 0 aromatic rings. The topological polar surface area (TPSA) is 95.9 Å². The van der Waals surface area contributed by atoms with Gasteiger partial charge in [-0.15, -0.1) is 0 Å². The molecule has 0 aromatic carbocycles. The fourth-order valence-corrected chi connectivity index (χ4v) is 8.71. The molecule has 0 radical (unpaired) electrons. The van der Waals surface area contributed by atoms with E-state index in [4.69, 9.17) is 4.74 Å². The molecule has 0 aromatic heterocycles. The lowest BCUT2D eigenvalue weighted by molar-refractivity contribution is -0.143. The van der Waals surface area contributed by atoms with Gasteiger partial charge in [0, 0.05) is 12.8 Å². The summed E-state index contributed by atoms with van der Waals surface area (Å²) >= 11 is 0. The molecule has 0 saturated heterocycles. The lowest BCUT2D eigenvalue weighted by Crippen LogP contribution is -2.45. The van der Waals surface area contributed by atoms with E-state index in [1.54, 1.807) is 6.08 Å². The summed E-state index contributed by atoms with van der Waals surface area (Å²) in [6.07, 6.45) is 67.3. The minimum absolute atomic E-state index is 0.0351. The number of hydrogen-bond donors (Lipinski definition) is 3. The van der Waals surface area contributed by atoms with Gasteiger partial charge in [0.05, 0.1) is 25.4 Å². The van der Waals surface area contributed by atoms with E-state index in [1.165, 1.54) is 205 Å². The normalized spacial score (nSPS) is 12.9. The fraction of sp³-hybridized carbons (Fsp3) is 0.864. The number of ether oxygens (including phenoxy) is 1. The average Bonchev–Trinajstić information content (AvgIpc) is 3.31. The molecule has 0 heterocycles. The Kier molecular flexibility index (Phi) is 53.1. The van der Waals surface area contributed by atoms with Crippen LogP contribution in [0.5, 0.6) is 0 Å². The average molecular weight is 915 g/mol. The first kappa shape index (κ1) is 63.1. The Morgan fingerprint density at radius 2 is 0.785 bits per heavy atom. The largest absolute Gasteiger partial charge is 0.466 e. The number of rotatable bonds is 53. The van der Waals surface area contributed by atoms with Gasteiger partial charge in [-0.25, -0.2) is 0 Å². The number of esters is 1. The van der Waals surface area contributed by atoms with E-state index < -0.39 is 12.1 Å². The van der Waals surface area contributed by atoms with Crippen molar-refractivity contribution in [3.8, 4) is 0 Å². The van der Waals surface area contributed by atoms with Gasteiger partial charge < -0.3 is 20.3 Å². The van der Waals surface area contributed by atoms with Crippen LogP contribution in [0.15, 0.2) is 36.5 Å². The Hall–Kier alpha value is -1.92. The van der Waals surface area contributed by atoms with Crippen LogP contribution < -0.4 is 5.32 Å². The molecule has 2 atom stereocenters. The first-order valence-electron chi connectivity index (χ1n) is 28.8. The third-order valence-corrected chi connectivity index (χ3v) is 13.2. The van der Waals surface area contributed by atoms with Crippen molar-refractivity contribution in [2.75, 3.05) is 13.2 Å². The molecule has 2 unspecified atom stereocenters. The van der Waals surface area contributed by atoms with Gasteiger partial charge in [-0.1, -0.05) is 269 Å². The van der Waals surface area contributed by atoms with Crippen LogP contribution in [0, 0.1) is 0 Å². The maximum absolute atomic E-state index is 12.5. The van der Waals surface area contributed by atoms with Crippen molar-refractivity contribution in [2.24, 2.45) is 0 Å². The number of nitrogens with one attached hydrogen (secondary N) is 1. The van der Waals surface area contributed by atoms with E-state index in [2.05, 4.69) is 43.5 Å². The van der Waals surface area contributed by atoms with E-state index in [1.807, 2.05) is 6.08 Å². The lowest BCUT2D eigenvalue weighted by Gasteiger charge is -2.20. The van der Waals surface area contributed by atoms with Gasteiger partial charge in [0.2, 0.25) is 5.91 Å². The molecule has 0 spiro atoms. The molecule has 0 aliphatic carbocycles. The first-order valence-corrected chi connectivity index (χ1v) is 28.8. The Morgan fingerprint density at radius 3 is 1.22 bits per heavy atom. The predicted molar refractivity (Wildman–Crippen MR) is 283 cm³/mol. The predicted octanol–water partition coefficient (Wildman–Crippen LogP) is 17.6. The quantitative estimate of drug-likeness (QED) is 0.0321. The molecule has 0 aliphatic rings. The molecule has 382 valence electrons. The van der Waals surface area contributed by atoms with Crippen molar-refractivity contribution in [3.05, 3.63) is 36.5 Å². The third-order valence-electron chi connectivity index (χ3n) is 13.2. The van der Waals surface area contributed by atoms with E-state index in [0.29, 0.717) is 19.4 Å². The second-order valence-electron chi connectivity index (χ2n) is 19.6. The van der Waals surface area contributed by atoms with Crippen molar-refractivity contribution in [1.29, 1.82) is 0 Å². The standard InChI is InChI=1S/C59H111NO5/c1-3-5-7-9-11-13-15-17-19-20-21-22-23-24-25-26-27-28-29-31-35-39-43-47-51-57(62)56(55-61)60-58(63)52-48-44-40-36-33-34-38-42-46-50-54-65-59(64)53-49-45-41-37-32-30-18-16-14-12-10-8-6-4-2/h10,12,16,18,47,51,56-57,61-62H,3-9,11,13-15,17,19-46,48-50,52-55H2,1-2H3,(H,60,63)/b12-10-,18-16-,51-47+. The third kappa shape index (κ3) is 51.3. The SMILES string of the molecule is CCCC/C=C\C/C=C\CCCCCCCC(=O)OCCCCCCCCCCCCC(=O)NC(CO)C(O)/C=C/CCCCCCCCCCCCCCCCCCCCCCCC. The molecule has 0 saturated carbocycles. The highest BCUT2D eigenvalue weighted by atomic mass is 16.5. The molecule has 3 N–H and O–H groups in total. The number of unbranched alkanes of at least 4 members (excludes halogenated alkanes) is 38. The van der Waals surface area contributed by atoms with Crippen LogP contribution >= 0.6 is 0 Å². The highest BCUT2D eigenvalue weighted by Crippen LogP contribution is 2.17. The Bertz CT molecular complexity index is 1060. The zero-order chi connectivity index (χ0) is 47.2. The van der Waals surface area contributed by atoms with Crippen LogP contribution in [0.2, 0.25) is 0 Å².